The molecule has 1 atom stereocenters. The number of rotatable bonds is 6. The zero-order chi connectivity index (χ0) is 21.3. The number of hydrogen-bond acceptors (Lipinski definition) is 4. The second-order valence-corrected chi connectivity index (χ2v) is 8.83. The van der Waals surface area contributed by atoms with Crippen molar-refractivity contribution in [3.63, 3.8) is 0 Å². The second-order valence-electron chi connectivity index (χ2n) is 8.83. The molecule has 0 radical (unpaired) electrons. The maximum Gasteiger partial charge on any atom is 0.239 e. The average molecular weight is 549 g/mol. The molecule has 178 valence electrons. The molecule has 3 rings (SSSR count). The van der Waals surface area contributed by atoms with E-state index in [2.05, 4.69) is 25.4 Å². The van der Waals surface area contributed by atoms with Crippen LogP contribution in [-0.2, 0) is 9.59 Å². The van der Waals surface area contributed by atoms with Crippen LogP contribution in [0.15, 0.2) is 4.99 Å². The highest BCUT2D eigenvalue weighted by Crippen LogP contribution is 2.23. The second kappa shape index (κ2) is 13.4. The largest absolute Gasteiger partial charge is 0.354 e. The van der Waals surface area contributed by atoms with E-state index in [4.69, 9.17) is 0 Å². The third kappa shape index (κ3) is 7.47. The van der Waals surface area contributed by atoms with E-state index in [1.807, 2.05) is 11.8 Å². The summed E-state index contributed by atoms with van der Waals surface area (Å²) in [6.45, 7) is 8.59. The molecule has 1 aliphatic carbocycles. The smallest absolute Gasteiger partial charge is 0.239 e. The lowest BCUT2D eigenvalue weighted by molar-refractivity contribution is -0.135. The van der Waals surface area contributed by atoms with Gasteiger partial charge in [-0.05, 0) is 32.6 Å². The molecule has 31 heavy (non-hydrogen) atoms. The highest BCUT2D eigenvalue weighted by molar-refractivity contribution is 14.0. The summed E-state index contributed by atoms with van der Waals surface area (Å²) in [5, 5.41) is 6.45. The van der Waals surface area contributed by atoms with Crippen LogP contribution in [0.1, 0.15) is 51.9 Å². The number of piperazine rings is 1. The number of nitrogens with one attached hydrogen (secondary N) is 2. The van der Waals surface area contributed by atoms with E-state index in [-0.39, 0.29) is 47.8 Å². The zero-order valence-corrected chi connectivity index (χ0v) is 21.6. The molecule has 3 fully saturated rings. The number of carbonyl (C=O) groups is 2. The quantitative estimate of drug-likeness (QED) is 0.228. The van der Waals surface area contributed by atoms with Crippen LogP contribution in [0, 0.1) is 5.92 Å². The van der Waals surface area contributed by atoms with E-state index in [9.17, 15) is 9.59 Å². The summed E-state index contributed by atoms with van der Waals surface area (Å²) in [6.07, 6.45) is 7.95. The Morgan fingerprint density at radius 2 is 1.48 bits per heavy atom. The number of halogens is 1. The summed E-state index contributed by atoms with van der Waals surface area (Å²) >= 11 is 0. The lowest BCUT2D eigenvalue weighted by atomic mass is 9.89. The third-order valence-corrected chi connectivity index (χ3v) is 6.83. The average Bonchev–Trinajstić information content (AvgIpc) is 3.34. The van der Waals surface area contributed by atoms with Gasteiger partial charge in [-0.25, -0.2) is 0 Å². The van der Waals surface area contributed by atoms with Crippen molar-refractivity contribution in [2.24, 2.45) is 10.9 Å². The molecule has 1 unspecified atom stereocenters. The standard InChI is InChI=1S/C22H40N6O2.HI/c1-18(21(30)27-12-6-7-13-27)26-14-16-28(17-15-26)22(23-2)25-11-10-24-20(29)19-8-4-3-5-9-19;/h18-19H,3-17H2,1-2H3,(H,23,25)(H,24,29);1H. The molecule has 0 bridgehead atoms. The van der Waals surface area contributed by atoms with Gasteiger partial charge < -0.3 is 20.4 Å². The molecule has 0 aromatic heterocycles. The Morgan fingerprint density at radius 1 is 0.871 bits per heavy atom. The van der Waals surface area contributed by atoms with Gasteiger partial charge in [-0.2, -0.15) is 0 Å². The van der Waals surface area contributed by atoms with E-state index in [0.29, 0.717) is 13.1 Å². The Hall–Kier alpha value is -1.10. The van der Waals surface area contributed by atoms with Crippen molar-refractivity contribution in [3.05, 3.63) is 0 Å². The van der Waals surface area contributed by atoms with Gasteiger partial charge in [-0.3, -0.25) is 19.5 Å². The molecule has 2 amide bonds. The Kier molecular flexibility index (Phi) is 11.3. The molecule has 0 spiro atoms. The molecular weight excluding hydrogens is 507 g/mol. The summed E-state index contributed by atoms with van der Waals surface area (Å²) in [6, 6.07) is -0.0461. The van der Waals surface area contributed by atoms with Gasteiger partial charge in [0.05, 0.1) is 6.04 Å². The molecule has 0 aromatic rings. The van der Waals surface area contributed by atoms with Crippen LogP contribution >= 0.6 is 24.0 Å². The van der Waals surface area contributed by atoms with Crippen LogP contribution in [0.25, 0.3) is 0 Å². The molecule has 3 aliphatic rings. The molecule has 2 N–H and O–H groups in total. The summed E-state index contributed by atoms with van der Waals surface area (Å²) in [5.74, 6) is 1.56. The van der Waals surface area contributed by atoms with Crippen molar-refractivity contribution in [3.8, 4) is 0 Å². The maximum absolute atomic E-state index is 12.7. The third-order valence-electron chi connectivity index (χ3n) is 6.83. The lowest BCUT2D eigenvalue weighted by Crippen LogP contribution is -2.57. The van der Waals surface area contributed by atoms with Crippen molar-refractivity contribution in [1.29, 1.82) is 0 Å². The minimum absolute atomic E-state index is 0. The first-order valence-electron chi connectivity index (χ1n) is 11.9. The van der Waals surface area contributed by atoms with E-state index in [1.54, 1.807) is 7.05 Å². The number of nitrogens with zero attached hydrogens (tertiary/aromatic N) is 4. The van der Waals surface area contributed by atoms with E-state index in [1.165, 1.54) is 19.3 Å². The van der Waals surface area contributed by atoms with Gasteiger partial charge in [0.15, 0.2) is 5.96 Å². The first-order chi connectivity index (χ1) is 14.6. The molecule has 2 saturated heterocycles. The minimum atomic E-state index is -0.0461. The predicted octanol–water partition coefficient (Wildman–Crippen LogP) is 1.50. The van der Waals surface area contributed by atoms with E-state index >= 15 is 0 Å². The van der Waals surface area contributed by atoms with Crippen LogP contribution < -0.4 is 10.6 Å². The molecule has 0 aromatic carbocycles. The fraction of sp³-hybridized carbons (Fsp3) is 0.864. The molecule has 8 nitrogen and oxygen atoms in total. The van der Waals surface area contributed by atoms with Crippen LogP contribution in [0.2, 0.25) is 0 Å². The number of likely N-dealkylation sites (tertiary alicyclic amines) is 1. The molecule has 9 heteroatoms. The van der Waals surface area contributed by atoms with Gasteiger partial charge in [-0.1, -0.05) is 19.3 Å². The van der Waals surface area contributed by atoms with Crippen LogP contribution in [0.3, 0.4) is 0 Å². The number of hydrogen-bond donors (Lipinski definition) is 2. The Labute approximate surface area is 204 Å². The van der Waals surface area contributed by atoms with Crippen LogP contribution in [0.5, 0.6) is 0 Å². The highest BCUT2D eigenvalue weighted by atomic mass is 127. The van der Waals surface area contributed by atoms with Gasteiger partial charge in [0, 0.05) is 65.3 Å². The highest BCUT2D eigenvalue weighted by Gasteiger charge is 2.30. The number of carbonyl (C=O) groups excluding carboxylic acids is 2. The number of aliphatic imine (C=N–C) groups is 1. The molecule has 2 heterocycles. The lowest BCUT2D eigenvalue weighted by Gasteiger charge is -2.39. The first kappa shape index (κ1) is 26.2. The fourth-order valence-corrected chi connectivity index (χ4v) is 4.88. The van der Waals surface area contributed by atoms with Gasteiger partial charge in [0.2, 0.25) is 11.8 Å². The zero-order valence-electron chi connectivity index (χ0n) is 19.3. The first-order valence-corrected chi connectivity index (χ1v) is 11.9. The Bertz CT molecular complexity index is 597. The van der Waals surface area contributed by atoms with E-state index in [0.717, 1.165) is 70.9 Å². The number of guanidine groups is 1. The predicted molar refractivity (Wildman–Crippen MR) is 135 cm³/mol. The van der Waals surface area contributed by atoms with Crippen LogP contribution in [0.4, 0.5) is 0 Å². The summed E-state index contributed by atoms with van der Waals surface area (Å²) in [7, 11) is 1.80. The van der Waals surface area contributed by atoms with Crippen molar-refractivity contribution in [2.75, 3.05) is 59.4 Å². The van der Waals surface area contributed by atoms with Crippen molar-refractivity contribution in [1.82, 2.24) is 25.3 Å². The van der Waals surface area contributed by atoms with Gasteiger partial charge in [0.25, 0.3) is 0 Å². The Balaban J connectivity index is 0.00000341. The van der Waals surface area contributed by atoms with Crippen molar-refractivity contribution in [2.45, 2.75) is 57.9 Å². The van der Waals surface area contributed by atoms with Gasteiger partial charge in [0.1, 0.15) is 0 Å². The van der Waals surface area contributed by atoms with Gasteiger partial charge in [-0.15, -0.1) is 24.0 Å². The van der Waals surface area contributed by atoms with Crippen LogP contribution in [-0.4, -0.2) is 97.9 Å². The normalized spacial score (nSPS) is 22.1. The molecule has 2 aliphatic heterocycles. The summed E-state index contributed by atoms with van der Waals surface area (Å²) < 4.78 is 0. The Morgan fingerprint density at radius 3 is 2.10 bits per heavy atom. The topological polar surface area (TPSA) is 80.3 Å². The molecular formula is C22H41IN6O2. The molecule has 1 saturated carbocycles. The van der Waals surface area contributed by atoms with Crippen molar-refractivity contribution >= 4 is 41.8 Å². The SMILES string of the molecule is CN=C(NCCNC(=O)C1CCCCC1)N1CCN(C(C)C(=O)N2CCCC2)CC1.I. The summed E-state index contributed by atoms with van der Waals surface area (Å²) in [5.41, 5.74) is 0. The fourth-order valence-electron chi connectivity index (χ4n) is 4.88. The van der Waals surface area contributed by atoms with E-state index < -0.39 is 0 Å². The van der Waals surface area contributed by atoms with Gasteiger partial charge >= 0.3 is 0 Å². The van der Waals surface area contributed by atoms with Crippen molar-refractivity contribution < 1.29 is 9.59 Å². The minimum Gasteiger partial charge on any atom is -0.354 e. The monoisotopic (exact) mass is 548 g/mol. The summed E-state index contributed by atoms with van der Waals surface area (Å²) in [4.78, 5) is 35.9. The maximum atomic E-state index is 12.7. The number of amides is 2.